The molecule has 0 fully saturated rings. The van der Waals surface area contributed by atoms with Crippen molar-refractivity contribution in [1.29, 1.82) is 0 Å². The molecule has 0 aliphatic rings. The van der Waals surface area contributed by atoms with E-state index in [2.05, 4.69) is 20.3 Å². The summed E-state index contributed by atoms with van der Waals surface area (Å²) in [6, 6.07) is 11.9. The molecule has 0 aliphatic heterocycles. The number of H-pyrrole nitrogens is 1. The Morgan fingerprint density at radius 1 is 1.23 bits per heavy atom. The van der Waals surface area contributed by atoms with Gasteiger partial charge in [-0.3, -0.25) is 0 Å². The Morgan fingerprint density at radius 2 is 2.00 bits per heavy atom. The fourth-order valence-corrected chi connectivity index (χ4v) is 2.44. The van der Waals surface area contributed by atoms with Gasteiger partial charge in [0.1, 0.15) is 11.5 Å². The number of aliphatic hydroxyl groups excluding tert-OH is 1. The van der Waals surface area contributed by atoms with Gasteiger partial charge in [0.05, 0.1) is 18.0 Å². The van der Waals surface area contributed by atoms with Gasteiger partial charge in [-0.2, -0.15) is 0 Å². The number of nitrogens with one attached hydrogen (secondary N) is 2. The monoisotopic (exact) mass is 296 g/mol. The second kappa shape index (κ2) is 6.15. The van der Waals surface area contributed by atoms with E-state index >= 15 is 0 Å². The van der Waals surface area contributed by atoms with Gasteiger partial charge in [0, 0.05) is 11.3 Å². The fourth-order valence-electron chi connectivity index (χ4n) is 2.44. The van der Waals surface area contributed by atoms with Crippen LogP contribution in [0.1, 0.15) is 19.0 Å². The number of fused-ring (bicyclic) bond motifs is 1. The summed E-state index contributed by atoms with van der Waals surface area (Å²) in [7, 11) is 0. The van der Waals surface area contributed by atoms with E-state index < -0.39 is 0 Å². The Kier molecular flexibility index (Phi) is 4.06. The summed E-state index contributed by atoms with van der Waals surface area (Å²) in [6.07, 6.45) is 0.825. The lowest BCUT2D eigenvalue weighted by atomic mass is 10.2. The molecule has 5 heteroatoms. The van der Waals surface area contributed by atoms with E-state index in [0.29, 0.717) is 5.82 Å². The molecule has 0 saturated heterocycles. The molecule has 0 bridgehead atoms. The van der Waals surface area contributed by atoms with E-state index in [9.17, 15) is 5.11 Å². The SMILES string of the molecule is CCC(CO)Nc1nc(-c2ccccc2)nc2[nH]c(C)cc12. The van der Waals surface area contributed by atoms with Crippen LogP contribution in [0.15, 0.2) is 36.4 Å². The summed E-state index contributed by atoms with van der Waals surface area (Å²) < 4.78 is 0. The molecular formula is C17H20N4O. The van der Waals surface area contributed by atoms with Crippen molar-refractivity contribution in [3.8, 4) is 11.4 Å². The average molecular weight is 296 g/mol. The van der Waals surface area contributed by atoms with Crippen LogP contribution in [0.2, 0.25) is 0 Å². The fraction of sp³-hybridized carbons (Fsp3) is 0.294. The van der Waals surface area contributed by atoms with Gasteiger partial charge < -0.3 is 15.4 Å². The van der Waals surface area contributed by atoms with E-state index in [-0.39, 0.29) is 12.6 Å². The van der Waals surface area contributed by atoms with Crippen LogP contribution in [0.4, 0.5) is 5.82 Å². The molecule has 1 unspecified atom stereocenters. The number of aliphatic hydroxyl groups is 1. The summed E-state index contributed by atoms with van der Waals surface area (Å²) in [5.74, 6) is 1.43. The van der Waals surface area contributed by atoms with E-state index in [1.165, 1.54) is 0 Å². The molecule has 22 heavy (non-hydrogen) atoms. The molecule has 3 aromatic rings. The number of aryl methyl sites for hydroxylation is 1. The maximum absolute atomic E-state index is 9.44. The van der Waals surface area contributed by atoms with Crippen molar-refractivity contribution in [1.82, 2.24) is 15.0 Å². The van der Waals surface area contributed by atoms with Gasteiger partial charge >= 0.3 is 0 Å². The maximum Gasteiger partial charge on any atom is 0.163 e. The van der Waals surface area contributed by atoms with Crippen LogP contribution in [0.5, 0.6) is 0 Å². The first kappa shape index (κ1) is 14.5. The quantitative estimate of drug-likeness (QED) is 0.676. The van der Waals surface area contributed by atoms with E-state index in [1.54, 1.807) is 0 Å². The second-order valence-corrected chi connectivity index (χ2v) is 5.41. The van der Waals surface area contributed by atoms with E-state index in [1.807, 2.05) is 50.2 Å². The maximum atomic E-state index is 9.44. The third-order valence-corrected chi connectivity index (χ3v) is 3.71. The number of nitrogens with zero attached hydrogens (tertiary/aromatic N) is 2. The van der Waals surface area contributed by atoms with Crippen molar-refractivity contribution >= 4 is 16.9 Å². The predicted octanol–water partition coefficient (Wildman–Crippen LogP) is 3.12. The Morgan fingerprint density at radius 3 is 2.68 bits per heavy atom. The first-order valence-electron chi connectivity index (χ1n) is 7.51. The van der Waals surface area contributed by atoms with E-state index in [4.69, 9.17) is 0 Å². The molecule has 1 aromatic carbocycles. The molecule has 0 aliphatic carbocycles. The number of anilines is 1. The lowest BCUT2D eigenvalue weighted by molar-refractivity contribution is 0.271. The predicted molar refractivity (Wildman–Crippen MR) is 88.8 cm³/mol. The number of hydrogen-bond acceptors (Lipinski definition) is 4. The molecule has 1 atom stereocenters. The van der Waals surface area contributed by atoms with Crippen LogP contribution in [-0.4, -0.2) is 32.7 Å². The zero-order chi connectivity index (χ0) is 15.5. The minimum absolute atomic E-state index is 0.0167. The standard InChI is InChI=1S/C17H20N4O/c1-3-13(10-22)19-17-14-9-11(2)18-16(14)20-15(21-17)12-7-5-4-6-8-12/h4-9,13,22H,3,10H2,1-2H3,(H2,18,19,20,21). The molecule has 2 heterocycles. The van der Waals surface area contributed by atoms with Gasteiger partial charge in [-0.15, -0.1) is 0 Å². The van der Waals surface area contributed by atoms with Gasteiger partial charge in [0.25, 0.3) is 0 Å². The second-order valence-electron chi connectivity index (χ2n) is 5.41. The van der Waals surface area contributed by atoms with Crippen LogP contribution in [0.25, 0.3) is 22.4 Å². The minimum Gasteiger partial charge on any atom is -0.394 e. The zero-order valence-corrected chi connectivity index (χ0v) is 12.8. The highest BCUT2D eigenvalue weighted by Crippen LogP contribution is 2.26. The minimum atomic E-state index is -0.0167. The van der Waals surface area contributed by atoms with Crippen molar-refractivity contribution in [2.45, 2.75) is 26.3 Å². The van der Waals surface area contributed by atoms with Crippen LogP contribution < -0.4 is 5.32 Å². The van der Waals surface area contributed by atoms with Crippen LogP contribution in [0, 0.1) is 6.92 Å². The summed E-state index contributed by atoms with van der Waals surface area (Å²) >= 11 is 0. The first-order chi connectivity index (χ1) is 10.7. The number of aromatic nitrogens is 3. The number of benzene rings is 1. The summed E-state index contributed by atoms with van der Waals surface area (Å²) in [5, 5.41) is 13.7. The summed E-state index contributed by atoms with van der Waals surface area (Å²) in [5.41, 5.74) is 2.81. The van der Waals surface area contributed by atoms with Crippen LogP contribution >= 0.6 is 0 Å². The zero-order valence-electron chi connectivity index (χ0n) is 12.8. The summed E-state index contributed by atoms with van der Waals surface area (Å²) in [4.78, 5) is 12.5. The van der Waals surface area contributed by atoms with Crippen molar-refractivity contribution < 1.29 is 5.11 Å². The highest BCUT2D eigenvalue weighted by atomic mass is 16.3. The van der Waals surface area contributed by atoms with E-state index in [0.717, 1.165) is 34.5 Å². The number of rotatable bonds is 5. The molecule has 0 radical (unpaired) electrons. The summed E-state index contributed by atoms with van der Waals surface area (Å²) in [6.45, 7) is 4.11. The Balaban J connectivity index is 2.12. The smallest absolute Gasteiger partial charge is 0.163 e. The molecule has 3 rings (SSSR count). The van der Waals surface area contributed by atoms with Crippen molar-refractivity contribution in [2.24, 2.45) is 0 Å². The molecule has 114 valence electrons. The van der Waals surface area contributed by atoms with Gasteiger partial charge in [-0.25, -0.2) is 9.97 Å². The highest BCUT2D eigenvalue weighted by molar-refractivity contribution is 5.89. The average Bonchev–Trinajstić information content (AvgIpc) is 2.93. The van der Waals surface area contributed by atoms with Gasteiger partial charge in [-0.1, -0.05) is 37.3 Å². The molecule has 0 amide bonds. The normalized spacial score (nSPS) is 12.5. The van der Waals surface area contributed by atoms with Gasteiger partial charge in [0.15, 0.2) is 5.82 Å². The lowest BCUT2D eigenvalue weighted by Gasteiger charge is -2.16. The molecule has 5 nitrogen and oxygen atoms in total. The van der Waals surface area contributed by atoms with Gasteiger partial charge in [-0.05, 0) is 19.4 Å². The molecule has 0 spiro atoms. The van der Waals surface area contributed by atoms with Crippen molar-refractivity contribution in [3.63, 3.8) is 0 Å². The van der Waals surface area contributed by atoms with Crippen molar-refractivity contribution in [2.75, 3.05) is 11.9 Å². The largest absolute Gasteiger partial charge is 0.394 e. The first-order valence-corrected chi connectivity index (χ1v) is 7.51. The van der Waals surface area contributed by atoms with Crippen molar-refractivity contribution in [3.05, 3.63) is 42.1 Å². The third-order valence-electron chi connectivity index (χ3n) is 3.71. The molecule has 3 N–H and O–H groups in total. The Labute approximate surface area is 129 Å². The van der Waals surface area contributed by atoms with Crippen LogP contribution in [0.3, 0.4) is 0 Å². The number of hydrogen-bond donors (Lipinski definition) is 3. The third kappa shape index (κ3) is 2.80. The highest BCUT2D eigenvalue weighted by Gasteiger charge is 2.14. The lowest BCUT2D eigenvalue weighted by Crippen LogP contribution is -2.23. The molecule has 2 aromatic heterocycles. The topological polar surface area (TPSA) is 73.8 Å². The molecular weight excluding hydrogens is 276 g/mol. The Hall–Kier alpha value is -2.40. The van der Waals surface area contributed by atoms with Crippen LogP contribution in [-0.2, 0) is 0 Å². The Bertz CT molecular complexity index is 763. The number of aromatic amines is 1. The van der Waals surface area contributed by atoms with Gasteiger partial charge in [0.2, 0.25) is 0 Å². The molecule has 0 saturated carbocycles.